The van der Waals surface area contributed by atoms with Gasteiger partial charge in [-0.2, -0.15) is 41.3 Å². The van der Waals surface area contributed by atoms with Crippen molar-refractivity contribution in [1.82, 2.24) is 62.1 Å². The van der Waals surface area contributed by atoms with Gasteiger partial charge < -0.3 is 20.8 Å². The lowest BCUT2D eigenvalue weighted by Gasteiger charge is -2.22. The number of amides is 2. The highest BCUT2D eigenvalue weighted by molar-refractivity contribution is 6.31. The molecule has 67 heavy (non-hydrogen) atoms. The topological polar surface area (TPSA) is 294 Å². The third-order valence-corrected chi connectivity index (χ3v) is 10.8. The van der Waals surface area contributed by atoms with Crippen LogP contribution in [0.1, 0.15) is 57.2 Å². The van der Waals surface area contributed by atoms with Crippen molar-refractivity contribution in [1.29, 1.82) is 5.26 Å². The summed E-state index contributed by atoms with van der Waals surface area (Å²) in [6.07, 6.45) is 3.15. The minimum Gasteiger partial charge on any atom is -0.481 e. The number of carboxylic acids is 2. The minimum absolute atomic E-state index is 0.0369. The van der Waals surface area contributed by atoms with Crippen LogP contribution < -0.4 is 10.6 Å². The van der Waals surface area contributed by atoms with E-state index in [9.17, 15) is 38.2 Å². The molecule has 0 aliphatic heterocycles. The Morgan fingerprint density at radius 1 is 0.642 bits per heavy atom. The molecular weight excluding hydrogens is 915 g/mol. The van der Waals surface area contributed by atoms with Crippen molar-refractivity contribution in [2.75, 3.05) is 0 Å². The first kappa shape index (κ1) is 48.5. The van der Waals surface area contributed by atoms with Crippen molar-refractivity contribution in [3.05, 3.63) is 147 Å². The van der Waals surface area contributed by atoms with Crippen LogP contribution in [-0.4, -0.2) is 97.5 Å². The average Bonchev–Trinajstić information content (AvgIpc) is 4.15. The van der Waals surface area contributed by atoms with Gasteiger partial charge in [-0.05, 0) is 84.3 Å². The number of nitrogens with zero attached hydrogens (tertiary/aromatic N) is 8. The molecule has 0 fully saturated rings. The SMILES string of the molecule is N#CC[C@H](C[C@@H](Cc1ccc(-c2cc(Cl)ccc2F)cc1)NC(=O)c1cn[nH]n1)C(=O)O.O=C(N[C@H](Cc1ccc(-c2cc(Cl)ccc2F)cc1)C[C@@H](Cc1nn[nH]n1)C(=O)O)c1cn[nH]n1. The highest BCUT2D eigenvalue weighted by Crippen LogP contribution is 2.29. The van der Waals surface area contributed by atoms with Crippen LogP contribution in [0.4, 0.5) is 8.78 Å². The number of carbonyl (C=O) groups excluding carboxylic acids is 2. The van der Waals surface area contributed by atoms with E-state index in [0.29, 0.717) is 45.1 Å². The second-order valence-corrected chi connectivity index (χ2v) is 15.9. The lowest BCUT2D eigenvalue weighted by Crippen LogP contribution is -2.39. The Labute approximate surface area is 389 Å². The number of nitriles is 1. The van der Waals surface area contributed by atoms with Gasteiger partial charge in [0, 0.05) is 46.1 Å². The molecule has 3 aromatic heterocycles. The second kappa shape index (κ2) is 23.3. The number of hydrogen-bond acceptors (Lipinski definition) is 12. The maximum atomic E-state index is 14.2. The maximum absolute atomic E-state index is 14.2. The first-order valence-corrected chi connectivity index (χ1v) is 21.0. The molecule has 3 heterocycles. The van der Waals surface area contributed by atoms with Crippen molar-refractivity contribution in [3.8, 4) is 28.3 Å². The van der Waals surface area contributed by atoms with Gasteiger partial charge in [0.2, 0.25) is 0 Å². The van der Waals surface area contributed by atoms with Crippen LogP contribution in [0.5, 0.6) is 0 Å². The summed E-state index contributed by atoms with van der Waals surface area (Å²) in [6.45, 7) is 0. The highest BCUT2D eigenvalue weighted by atomic mass is 35.5. The zero-order valence-corrected chi connectivity index (χ0v) is 36.4. The lowest BCUT2D eigenvalue weighted by atomic mass is 9.91. The molecule has 7 N–H and O–H groups in total. The average molecular weight is 955 g/mol. The van der Waals surface area contributed by atoms with Gasteiger partial charge in [-0.1, -0.05) is 76.9 Å². The van der Waals surface area contributed by atoms with E-state index in [1.807, 2.05) is 6.07 Å². The summed E-state index contributed by atoms with van der Waals surface area (Å²) in [7, 11) is 0. The second-order valence-electron chi connectivity index (χ2n) is 15.0. The van der Waals surface area contributed by atoms with Gasteiger partial charge in [-0.3, -0.25) is 19.2 Å². The Kier molecular flexibility index (Phi) is 16.9. The van der Waals surface area contributed by atoms with Crippen LogP contribution in [-0.2, 0) is 28.9 Å². The van der Waals surface area contributed by atoms with E-state index in [1.54, 1.807) is 54.6 Å². The number of aromatic amines is 3. The summed E-state index contributed by atoms with van der Waals surface area (Å²) in [5, 5.41) is 67.3. The molecule has 4 aromatic carbocycles. The number of H-pyrrole nitrogens is 3. The molecule has 2 amide bonds. The molecule has 4 atom stereocenters. The minimum atomic E-state index is -1.11. The molecule has 0 radical (unpaired) electrons. The Hall–Kier alpha value is -7.96. The van der Waals surface area contributed by atoms with E-state index in [2.05, 4.69) is 62.1 Å². The maximum Gasteiger partial charge on any atom is 0.307 e. The van der Waals surface area contributed by atoms with E-state index in [1.165, 1.54) is 42.7 Å². The normalized spacial score (nSPS) is 12.6. The van der Waals surface area contributed by atoms with Crippen molar-refractivity contribution in [2.24, 2.45) is 11.8 Å². The summed E-state index contributed by atoms with van der Waals surface area (Å²) in [5.41, 5.74) is 3.74. The fourth-order valence-corrected chi connectivity index (χ4v) is 7.35. The first-order valence-electron chi connectivity index (χ1n) is 20.2. The molecule has 23 heteroatoms. The predicted molar refractivity (Wildman–Crippen MR) is 236 cm³/mol. The molecule has 7 aromatic rings. The third-order valence-electron chi connectivity index (χ3n) is 10.3. The largest absolute Gasteiger partial charge is 0.481 e. The van der Waals surface area contributed by atoms with Crippen molar-refractivity contribution >= 4 is 47.0 Å². The number of hydrogen-bond donors (Lipinski definition) is 7. The number of halogens is 4. The van der Waals surface area contributed by atoms with Crippen LogP contribution in [0.3, 0.4) is 0 Å². The number of benzene rings is 4. The third kappa shape index (κ3) is 14.0. The fourth-order valence-electron chi connectivity index (χ4n) is 7.00. The molecule has 0 bridgehead atoms. The summed E-state index contributed by atoms with van der Waals surface area (Å²) in [6, 6.07) is 23.4. The van der Waals surface area contributed by atoms with Gasteiger partial charge in [-0.25, -0.2) is 8.78 Å². The monoisotopic (exact) mass is 953 g/mol. The molecule has 0 aliphatic carbocycles. The van der Waals surface area contributed by atoms with Gasteiger partial charge in [0.25, 0.3) is 11.8 Å². The molecule has 19 nitrogen and oxygen atoms in total. The van der Waals surface area contributed by atoms with Crippen LogP contribution in [0.25, 0.3) is 22.3 Å². The molecule has 0 unspecified atom stereocenters. The lowest BCUT2D eigenvalue weighted by molar-refractivity contribution is -0.143. The standard InChI is InChI=1S/C22H20ClFN8O3.C22H19ClFN5O3/c23-15-5-6-18(24)17(10-15)13-3-1-12(2-4-13)7-16(26-21(33)19-11-25-30-27-19)8-14(22(34)35)9-20-28-31-32-29-20;23-16-5-6-19(24)18(11-16)14-3-1-13(2-4-14)9-17(10-15(7-8-25)22(31)32)27-21(30)20-12-26-29-28-20/h1-6,10-11,14,16H,7-9H2,(H,26,33)(H,34,35)(H,25,27,30)(H,28,29,31,32);1-6,11-12,15,17H,7,9-10H2,(H,27,30)(H,31,32)(H,26,28,29)/t14-,16+;15-,17-/m01/s1. The Bertz CT molecular complexity index is 2790. The van der Waals surface area contributed by atoms with E-state index in [0.717, 1.165) is 11.1 Å². The molecular formula is C44H39Cl2F2N13O6. The summed E-state index contributed by atoms with van der Waals surface area (Å²) in [5.74, 6) is -5.54. The predicted octanol–water partition coefficient (Wildman–Crippen LogP) is 6.06. The number of aromatic nitrogens is 10. The van der Waals surface area contributed by atoms with E-state index >= 15 is 0 Å². The Morgan fingerprint density at radius 2 is 1.10 bits per heavy atom. The quantitative estimate of drug-likeness (QED) is 0.0485. The molecule has 0 spiro atoms. The van der Waals surface area contributed by atoms with E-state index in [-0.39, 0.29) is 42.9 Å². The summed E-state index contributed by atoms with van der Waals surface area (Å²) in [4.78, 5) is 48.5. The van der Waals surface area contributed by atoms with Crippen LogP contribution in [0, 0.1) is 34.8 Å². The van der Waals surface area contributed by atoms with Crippen LogP contribution >= 0.6 is 23.2 Å². The zero-order valence-electron chi connectivity index (χ0n) is 34.9. The number of aliphatic carboxylic acids is 2. The Morgan fingerprint density at radius 3 is 1.49 bits per heavy atom. The molecule has 0 saturated heterocycles. The van der Waals surface area contributed by atoms with Crippen molar-refractivity contribution in [2.45, 2.75) is 50.6 Å². The number of carboxylic acid groups (broad SMARTS) is 2. The van der Waals surface area contributed by atoms with Crippen molar-refractivity contribution in [3.63, 3.8) is 0 Å². The first-order chi connectivity index (χ1) is 32.3. The van der Waals surface area contributed by atoms with Crippen LogP contribution in [0.2, 0.25) is 10.0 Å². The van der Waals surface area contributed by atoms with Gasteiger partial charge >= 0.3 is 11.9 Å². The zero-order chi connectivity index (χ0) is 47.9. The van der Waals surface area contributed by atoms with Crippen LogP contribution in [0.15, 0.2) is 97.3 Å². The smallest absolute Gasteiger partial charge is 0.307 e. The number of rotatable bonds is 19. The van der Waals surface area contributed by atoms with Gasteiger partial charge in [0.1, 0.15) is 11.6 Å². The molecule has 7 rings (SSSR count). The van der Waals surface area contributed by atoms with Gasteiger partial charge in [0.15, 0.2) is 17.2 Å². The number of carbonyl (C=O) groups is 4. The highest BCUT2D eigenvalue weighted by Gasteiger charge is 2.28. The van der Waals surface area contributed by atoms with E-state index in [4.69, 9.17) is 28.5 Å². The summed E-state index contributed by atoms with van der Waals surface area (Å²) < 4.78 is 28.4. The van der Waals surface area contributed by atoms with Gasteiger partial charge in [0.05, 0.1) is 30.3 Å². The molecule has 344 valence electrons. The molecule has 0 saturated carbocycles. The van der Waals surface area contributed by atoms with E-state index < -0.39 is 59.3 Å². The molecule has 0 aliphatic rings. The number of tetrazole rings is 1. The fraction of sp³-hybridized carbons (Fsp3) is 0.227. The number of nitrogens with one attached hydrogen (secondary N) is 5. The Balaban J connectivity index is 0.000000222. The van der Waals surface area contributed by atoms with Crippen molar-refractivity contribution < 1.29 is 38.2 Å². The summed E-state index contributed by atoms with van der Waals surface area (Å²) >= 11 is 12.0. The van der Waals surface area contributed by atoms with Gasteiger partial charge in [-0.15, -0.1) is 10.2 Å².